The van der Waals surface area contributed by atoms with Crippen molar-refractivity contribution in [1.29, 1.82) is 0 Å². The highest BCUT2D eigenvalue weighted by atomic mass is 79.9. The quantitative estimate of drug-likeness (QED) is 0.468. The van der Waals surface area contributed by atoms with E-state index in [2.05, 4.69) is 39.1 Å². The van der Waals surface area contributed by atoms with E-state index in [4.69, 9.17) is 4.42 Å². The van der Waals surface area contributed by atoms with Gasteiger partial charge in [-0.25, -0.2) is 4.98 Å². The highest BCUT2D eigenvalue weighted by Crippen LogP contribution is 2.30. The van der Waals surface area contributed by atoms with Crippen molar-refractivity contribution < 1.29 is 4.42 Å². The van der Waals surface area contributed by atoms with Crippen molar-refractivity contribution in [3.05, 3.63) is 65.1 Å². The molecule has 2 nitrogen and oxygen atoms in total. The molecule has 0 saturated heterocycles. The van der Waals surface area contributed by atoms with E-state index in [0.29, 0.717) is 5.89 Å². The maximum absolute atomic E-state index is 5.88. The zero-order valence-electron chi connectivity index (χ0n) is 10.5. The van der Waals surface area contributed by atoms with E-state index >= 15 is 0 Å². The smallest absolute Gasteiger partial charge is 0.227 e. The standard InChI is InChI=1S/C17H10BrNO/c18-13-8-5-12(6-9-13)17-19-16-14-4-2-1-3-11(14)7-10-15(16)20-17/h1-10H. The molecule has 0 spiro atoms. The van der Waals surface area contributed by atoms with Gasteiger partial charge in [-0.2, -0.15) is 0 Å². The number of benzene rings is 3. The van der Waals surface area contributed by atoms with Gasteiger partial charge in [0.15, 0.2) is 5.58 Å². The molecule has 3 aromatic carbocycles. The number of rotatable bonds is 1. The van der Waals surface area contributed by atoms with Crippen LogP contribution in [0.25, 0.3) is 33.3 Å². The molecule has 4 rings (SSSR count). The van der Waals surface area contributed by atoms with Gasteiger partial charge in [-0.1, -0.05) is 46.3 Å². The second-order valence-corrected chi connectivity index (χ2v) is 5.58. The first-order valence-electron chi connectivity index (χ1n) is 6.35. The van der Waals surface area contributed by atoms with Crippen LogP contribution in [0, 0.1) is 0 Å². The summed E-state index contributed by atoms with van der Waals surface area (Å²) in [6, 6.07) is 20.2. The lowest BCUT2D eigenvalue weighted by molar-refractivity contribution is 0.620. The lowest BCUT2D eigenvalue weighted by Crippen LogP contribution is -1.77. The van der Waals surface area contributed by atoms with Crippen molar-refractivity contribution in [2.24, 2.45) is 0 Å². The van der Waals surface area contributed by atoms with Gasteiger partial charge in [0, 0.05) is 15.4 Å². The molecule has 0 amide bonds. The fourth-order valence-electron chi connectivity index (χ4n) is 2.38. The number of hydrogen-bond acceptors (Lipinski definition) is 2. The SMILES string of the molecule is Brc1ccc(-c2nc3c(ccc4ccccc43)o2)cc1. The summed E-state index contributed by atoms with van der Waals surface area (Å²) in [5, 5.41) is 2.30. The third kappa shape index (κ3) is 1.82. The summed E-state index contributed by atoms with van der Waals surface area (Å²) in [6.45, 7) is 0. The number of oxazole rings is 1. The Hall–Kier alpha value is -2.13. The van der Waals surface area contributed by atoms with Crippen LogP contribution in [-0.2, 0) is 0 Å². The molecule has 20 heavy (non-hydrogen) atoms. The number of fused-ring (bicyclic) bond motifs is 3. The number of hydrogen-bond donors (Lipinski definition) is 0. The van der Waals surface area contributed by atoms with E-state index in [-0.39, 0.29) is 0 Å². The molecule has 3 heteroatoms. The minimum atomic E-state index is 0.656. The Labute approximate surface area is 124 Å². The summed E-state index contributed by atoms with van der Waals surface area (Å²) >= 11 is 3.43. The van der Waals surface area contributed by atoms with E-state index in [1.165, 1.54) is 5.39 Å². The molecule has 1 aromatic heterocycles. The molecular weight excluding hydrogens is 314 g/mol. The molecule has 0 aliphatic heterocycles. The Morgan fingerprint density at radius 1 is 0.850 bits per heavy atom. The first-order valence-corrected chi connectivity index (χ1v) is 7.15. The molecular formula is C17H10BrNO. The molecule has 0 aliphatic carbocycles. The zero-order chi connectivity index (χ0) is 13.5. The topological polar surface area (TPSA) is 26.0 Å². The first kappa shape index (κ1) is 11.7. The monoisotopic (exact) mass is 323 g/mol. The maximum atomic E-state index is 5.88. The van der Waals surface area contributed by atoms with Crippen LogP contribution in [-0.4, -0.2) is 4.98 Å². The average molecular weight is 324 g/mol. The highest BCUT2D eigenvalue weighted by molar-refractivity contribution is 9.10. The van der Waals surface area contributed by atoms with Crippen molar-refractivity contribution in [2.45, 2.75) is 0 Å². The molecule has 0 fully saturated rings. The van der Waals surface area contributed by atoms with Gasteiger partial charge in [0.25, 0.3) is 0 Å². The lowest BCUT2D eigenvalue weighted by Gasteiger charge is -1.95. The molecule has 0 aliphatic rings. The normalized spacial score (nSPS) is 11.2. The summed E-state index contributed by atoms with van der Waals surface area (Å²) in [5.41, 5.74) is 2.72. The van der Waals surface area contributed by atoms with E-state index in [1.807, 2.05) is 42.5 Å². The fourth-order valence-corrected chi connectivity index (χ4v) is 2.64. The van der Waals surface area contributed by atoms with Crippen LogP contribution in [0.15, 0.2) is 69.6 Å². The van der Waals surface area contributed by atoms with Crippen molar-refractivity contribution in [3.8, 4) is 11.5 Å². The molecule has 0 atom stereocenters. The number of halogens is 1. The number of nitrogens with zero attached hydrogens (tertiary/aromatic N) is 1. The molecule has 1 heterocycles. The van der Waals surface area contributed by atoms with Gasteiger partial charge in [0.05, 0.1) is 0 Å². The summed E-state index contributed by atoms with van der Waals surface area (Å²) in [5.74, 6) is 0.656. The highest BCUT2D eigenvalue weighted by Gasteiger charge is 2.10. The predicted octanol–water partition coefficient (Wildman–Crippen LogP) is 5.41. The molecule has 0 bridgehead atoms. The molecule has 0 unspecified atom stereocenters. The predicted molar refractivity (Wildman–Crippen MR) is 84.7 cm³/mol. The first-order chi connectivity index (χ1) is 9.81. The van der Waals surface area contributed by atoms with Crippen LogP contribution in [0.4, 0.5) is 0 Å². The Balaban J connectivity index is 1.98. The second kappa shape index (κ2) is 4.46. The van der Waals surface area contributed by atoms with Gasteiger partial charge >= 0.3 is 0 Å². The largest absolute Gasteiger partial charge is 0.436 e. The molecule has 0 saturated carbocycles. The summed E-state index contributed by atoms with van der Waals surface area (Å²) in [6.07, 6.45) is 0. The molecule has 96 valence electrons. The van der Waals surface area contributed by atoms with Crippen LogP contribution in [0.1, 0.15) is 0 Å². The summed E-state index contributed by atoms with van der Waals surface area (Å²) in [7, 11) is 0. The summed E-state index contributed by atoms with van der Waals surface area (Å²) in [4.78, 5) is 4.66. The van der Waals surface area contributed by atoms with E-state index < -0.39 is 0 Å². The maximum Gasteiger partial charge on any atom is 0.227 e. The van der Waals surface area contributed by atoms with Gasteiger partial charge in [0.1, 0.15) is 5.52 Å². The number of aromatic nitrogens is 1. The Morgan fingerprint density at radius 2 is 1.65 bits per heavy atom. The molecule has 0 radical (unpaired) electrons. The van der Waals surface area contributed by atoms with Crippen LogP contribution in [0.2, 0.25) is 0 Å². The van der Waals surface area contributed by atoms with Gasteiger partial charge in [0.2, 0.25) is 5.89 Å². The summed E-state index contributed by atoms with van der Waals surface area (Å²) < 4.78 is 6.92. The Kier molecular flexibility index (Phi) is 2.60. The van der Waals surface area contributed by atoms with Crippen molar-refractivity contribution in [1.82, 2.24) is 4.98 Å². The average Bonchev–Trinajstić information content (AvgIpc) is 2.92. The van der Waals surface area contributed by atoms with Crippen LogP contribution in [0.3, 0.4) is 0 Å². The Bertz CT molecular complexity index is 909. The molecule has 4 aromatic rings. The van der Waals surface area contributed by atoms with Crippen molar-refractivity contribution >= 4 is 37.8 Å². The van der Waals surface area contributed by atoms with Gasteiger partial charge in [-0.05, 0) is 35.7 Å². The van der Waals surface area contributed by atoms with E-state index in [9.17, 15) is 0 Å². The third-order valence-corrected chi connectivity index (χ3v) is 3.90. The minimum absolute atomic E-state index is 0.656. The molecule has 0 N–H and O–H groups in total. The van der Waals surface area contributed by atoms with Gasteiger partial charge in [-0.15, -0.1) is 0 Å². The second-order valence-electron chi connectivity index (χ2n) is 4.66. The van der Waals surface area contributed by atoms with Crippen LogP contribution < -0.4 is 0 Å². The van der Waals surface area contributed by atoms with Crippen LogP contribution >= 0.6 is 15.9 Å². The van der Waals surface area contributed by atoms with E-state index in [0.717, 1.165) is 26.5 Å². The lowest BCUT2D eigenvalue weighted by atomic mass is 10.1. The van der Waals surface area contributed by atoms with Crippen molar-refractivity contribution in [3.63, 3.8) is 0 Å². The zero-order valence-corrected chi connectivity index (χ0v) is 12.1. The minimum Gasteiger partial charge on any atom is -0.436 e. The Morgan fingerprint density at radius 3 is 2.50 bits per heavy atom. The third-order valence-electron chi connectivity index (χ3n) is 3.37. The van der Waals surface area contributed by atoms with Crippen LogP contribution in [0.5, 0.6) is 0 Å². The van der Waals surface area contributed by atoms with E-state index in [1.54, 1.807) is 0 Å². The van der Waals surface area contributed by atoms with Gasteiger partial charge < -0.3 is 4.42 Å². The fraction of sp³-hybridized carbons (Fsp3) is 0. The van der Waals surface area contributed by atoms with Gasteiger partial charge in [-0.3, -0.25) is 0 Å². The van der Waals surface area contributed by atoms with Crippen molar-refractivity contribution in [2.75, 3.05) is 0 Å².